The number of hydrogen-bond donors (Lipinski definition) is 2. The Hall–Kier alpha value is -2.49. The molecule has 3 fully saturated rings. The Morgan fingerprint density at radius 1 is 1.30 bits per heavy atom. The molecule has 3 aromatic rings. The molecule has 1 aromatic carbocycles. The maximum atomic E-state index is 10.6. The van der Waals surface area contributed by atoms with Gasteiger partial charge in [0.1, 0.15) is 11.9 Å². The standard InChI is InChI=1S/C21H25N5O3S/c1-13-6-8-26(25-13)15-3-4-17(18(27)10-15)19-23-24-20(30-19)29-16-9-14-5-7-21(11-16,28-2)12-22-14/h3-4,6,8,10,14,16,22,27H,5,7,9,11-12H2,1-2H3. The van der Waals surface area contributed by atoms with Gasteiger partial charge in [-0.2, -0.15) is 5.10 Å². The van der Waals surface area contributed by atoms with Gasteiger partial charge in [-0.25, -0.2) is 4.68 Å². The quantitative estimate of drug-likeness (QED) is 0.646. The fourth-order valence-electron chi connectivity index (χ4n) is 4.41. The molecule has 0 radical (unpaired) electrons. The lowest BCUT2D eigenvalue weighted by molar-refractivity contribution is -0.0444. The Bertz CT molecular complexity index is 1040. The van der Waals surface area contributed by atoms with Crippen molar-refractivity contribution in [1.82, 2.24) is 25.3 Å². The average Bonchev–Trinajstić information content (AvgIpc) is 3.30. The van der Waals surface area contributed by atoms with E-state index in [1.807, 2.05) is 31.3 Å². The number of hydrogen-bond acceptors (Lipinski definition) is 8. The number of aromatic hydroxyl groups is 1. The minimum Gasteiger partial charge on any atom is -0.507 e. The number of nitrogens with one attached hydrogen (secondary N) is 1. The molecule has 3 aliphatic rings. The summed E-state index contributed by atoms with van der Waals surface area (Å²) in [7, 11) is 1.78. The molecule has 1 aliphatic carbocycles. The Labute approximate surface area is 178 Å². The molecule has 8 nitrogen and oxygen atoms in total. The number of piperidine rings is 1. The summed E-state index contributed by atoms with van der Waals surface area (Å²) in [5.74, 6) is 0.137. The second kappa shape index (κ2) is 7.64. The van der Waals surface area contributed by atoms with Gasteiger partial charge in [0.15, 0.2) is 5.01 Å². The molecule has 1 saturated carbocycles. The van der Waals surface area contributed by atoms with Crippen LogP contribution in [-0.4, -0.2) is 56.5 Å². The molecule has 3 atom stereocenters. The van der Waals surface area contributed by atoms with E-state index in [1.54, 1.807) is 17.9 Å². The molecule has 9 heteroatoms. The third kappa shape index (κ3) is 3.68. The number of ether oxygens (including phenoxy) is 2. The first-order valence-corrected chi connectivity index (χ1v) is 11.0. The number of benzene rings is 1. The highest BCUT2D eigenvalue weighted by atomic mass is 32.1. The van der Waals surface area contributed by atoms with Crippen LogP contribution in [0.1, 0.15) is 31.4 Å². The van der Waals surface area contributed by atoms with Gasteiger partial charge >= 0.3 is 0 Å². The molecule has 0 spiro atoms. The van der Waals surface area contributed by atoms with E-state index in [-0.39, 0.29) is 17.5 Å². The molecule has 0 amide bonds. The van der Waals surface area contributed by atoms with E-state index in [0.717, 1.165) is 43.6 Å². The second-order valence-electron chi connectivity index (χ2n) is 8.16. The van der Waals surface area contributed by atoms with E-state index in [4.69, 9.17) is 9.47 Å². The van der Waals surface area contributed by atoms with Crippen LogP contribution in [0.2, 0.25) is 0 Å². The Balaban J connectivity index is 1.33. The lowest BCUT2D eigenvalue weighted by atomic mass is 9.91. The van der Waals surface area contributed by atoms with Gasteiger partial charge in [0, 0.05) is 38.4 Å². The van der Waals surface area contributed by atoms with Crippen LogP contribution >= 0.6 is 11.3 Å². The Kier molecular flexibility index (Phi) is 4.96. The number of phenolic OH excluding ortho intramolecular Hbond substituents is 1. The van der Waals surface area contributed by atoms with Crippen LogP contribution in [-0.2, 0) is 4.74 Å². The van der Waals surface area contributed by atoms with Crippen molar-refractivity contribution in [2.24, 2.45) is 0 Å². The molecule has 6 rings (SSSR count). The zero-order valence-corrected chi connectivity index (χ0v) is 17.9. The molecular weight excluding hydrogens is 402 g/mol. The maximum absolute atomic E-state index is 10.6. The van der Waals surface area contributed by atoms with Crippen LogP contribution < -0.4 is 10.1 Å². The van der Waals surface area contributed by atoms with Crippen LogP contribution in [0.4, 0.5) is 0 Å². The first-order chi connectivity index (χ1) is 14.5. The number of fused-ring (bicyclic) bond motifs is 4. The summed E-state index contributed by atoms with van der Waals surface area (Å²) >= 11 is 1.35. The summed E-state index contributed by atoms with van der Waals surface area (Å²) in [4.78, 5) is 0. The highest BCUT2D eigenvalue weighted by Crippen LogP contribution is 2.38. The smallest absolute Gasteiger partial charge is 0.294 e. The molecule has 2 aromatic heterocycles. The van der Waals surface area contributed by atoms with Crippen LogP contribution in [0.25, 0.3) is 16.3 Å². The third-order valence-electron chi connectivity index (χ3n) is 6.11. The summed E-state index contributed by atoms with van der Waals surface area (Å²) in [6, 6.07) is 7.79. The van der Waals surface area contributed by atoms with E-state index in [1.165, 1.54) is 11.3 Å². The van der Waals surface area contributed by atoms with Crippen molar-refractivity contribution in [2.45, 2.75) is 50.4 Å². The summed E-state index contributed by atoms with van der Waals surface area (Å²) in [5.41, 5.74) is 2.17. The van der Waals surface area contributed by atoms with Crippen LogP contribution in [0.5, 0.6) is 10.9 Å². The van der Waals surface area contributed by atoms with Gasteiger partial charge in [0.2, 0.25) is 0 Å². The van der Waals surface area contributed by atoms with Crippen molar-refractivity contribution in [3.8, 4) is 27.2 Å². The van der Waals surface area contributed by atoms with Crippen molar-refractivity contribution in [2.75, 3.05) is 13.7 Å². The molecule has 30 heavy (non-hydrogen) atoms. The number of nitrogens with zero attached hydrogens (tertiary/aromatic N) is 4. The summed E-state index contributed by atoms with van der Waals surface area (Å²) in [6.45, 7) is 2.79. The van der Waals surface area contributed by atoms with Crippen LogP contribution in [0, 0.1) is 6.92 Å². The number of aryl methyl sites for hydroxylation is 1. The van der Waals surface area contributed by atoms with Crippen molar-refractivity contribution in [3.63, 3.8) is 0 Å². The van der Waals surface area contributed by atoms with Crippen molar-refractivity contribution < 1.29 is 14.6 Å². The molecule has 2 saturated heterocycles. The lowest BCUT2D eigenvalue weighted by Gasteiger charge is -2.36. The van der Waals surface area contributed by atoms with Gasteiger partial charge < -0.3 is 19.9 Å². The SMILES string of the molecule is COC12CCC(CC(Oc3nnc(-c4ccc(-n5ccc(C)n5)cc4O)s3)C1)NC2. The van der Waals surface area contributed by atoms with Crippen molar-refractivity contribution >= 4 is 11.3 Å². The normalized spacial score (nSPS) is 25.9. The van der Waals surface area contributed by atoms with Gasteiger partial charge in [-0.15, -0.1) is 5.10 Å². The van der Waals surface area contributed by atoms with Gasteiger partial charge in [-0.1, -0.05) is 16.4 Å². The number of methoxy groups -OCH3 is 1. The lowest BCUT2D eigenvalue weighted by Crippen LogP contribution is -2.48. The van der Waals surface area contributed by atoms with E-state index in [9.17, 15) is 5.11 Å². The number of rotatable bonds is 5. The van der Waals surface area contributed by atoms with Gasteiger partial charge in [-0.05, 0) is 44.4 Å². The zero-order chi connectivity index (χ0) is 20.7. The van der Waals surface area contributed by atoms with E-state index in [2.05, 4.69) is 20.6 Å². The first-order valence-electron chi connectivity index (χ1n) is 10.2. The monoisotopic (exact) mass is 427 g/mol. The third-order valence-corrected chi connectivity index (χ3v) is 6.96. The van der Waals surface area contributed by atoms with E-state index in [0.29, 0.717) is 21.8 Å². The molecule has 3 unspecified atom stereocenters. The minimum absolute atomic E-state index is 0.0345. The summed E-state index contributed by atoms with van der Waals surface area (Å²) in [5, 5.41) is 28.1. The number of aromatic nitrogens is 4. The summed E-state index contributed by atoms with van der Waals surface area (Å²) in [6.07, 6.45) is 5.83. The highest BCUT2D eigenvalue weighted by Gasteiger charge is 2.43. The fourth-order valence-corrected chi connectivity index (χ4v) is 5.20. The van der Waals surface area contributed by atoms with Gasteiger partial charge in [0.05, 0.1) is 22.5 Å². The predicted molar refractivity (Wildman–Crippen MR) is 113 cm³/mol. The Morgan fingerprint density at radius 3 is 2.90 bits per heavy atom. The molecule has 158 valence electrons. The van der Waals surface area contributed by atoms with Crippen molar-refractivity contribution in [1.29, 1.82) is 0 Å². The van der Waals surface area contributed by atoms with E-state index >= 15 is 0 Å². The highest BCUT2D eigenvalue weighted by molar-refractivity contribution is 7.16. The molecule has 2 N–H and O–H groups in total. The average molecular weight is 428 g/mol. The van der Waals surface area contributed by atoms with Gasteiger partial charge in [-0.3, -0.25) is 0 Å². The molecule has 2 aliphatic heterocycles. The largest absolute Gasteiger partial charge is 0.507 e. The minimum atomic E-state index is -0.163. The van der Waals surface area contributed by atoms with Crippen LogP contribution in [0.15, 0.2) is 30.5 Å². The second-order valence-corrected chi connectivity index (χ2v) is 9.10. The van der Waals surface area contributed by atoms with Gasteiger partial charge in [0.25, 0.3) is 5.19 Å². The molecule has 2 bridgehead atoms. The van der Waals surface area contributed by atoms with Crippen molar-refractivity contribution in [3.05, 3.63) is 36.2 Å². The van der Waals surface area contributed by atoms with Crippen LogP contribution in [0.3, 0.4) is 0 Å². The predicted octanol–water partition coefficient (Wildman–Crippen LogP) is 3.08. The molecular formula is C21H25N5O3S. The Morgan fingerprint density at radius 2 is 2.20 bits per heavy atom. The zero-order valence-electron chi connectivity index (χ0n) is 17.0. The first kappa shape index (κ1) is 19.5. The topological polar surface area (TPSA) is 94.3 Å². The maximum Gasteiger partial charge on any atom is 0.294 e. The molecule has 4 heterocycles. The van der Waals surface area contributed by atoms with E-state index < -0.39 is 0 Å². The summed E-state index contributed by atoms with van der Waals surface area (Å²) < 4.78 is 13.8. The fraction of sp³-hybridized carbons (Fsp3) is 0.476. The number of phenols is 1.